The molecule has 6 heteroatoms. The topological polar surface area (TPSA) is 58.6 Å². The highest BCUT2D eigenvalue weighted by molar-refractivity contribution is 5.82. The lowest BCUT2D eigenvalue weighted by atomic mass is 9.99. The molecule has 4 rings (SSSR count). The fourth-order valence-corrected chi connectivity index (χ4v) is 3.42. The number of rotatable bonds is 2. The number of aromatic nitrogens is 2. The van der Waals surface area contributed by atoms with Crippen molar-refractivity contribution in [3.8, 4) is 0 Å². The molecule has 1 atom stereocenters. The smallest absolute Gasteiger partial charge is 0.253 e. The SMILES string of the molecule is Cc1cnc(N2CCOC(C(=O)N3CCc4ccccc4C3)C2)nc1. The number of aryl methyl sites for hydroxylation is 1. The Labute approximate surface area is 147 Å². The Morgan fingerprint density at radius 2 is 1.92 bits per heavy atom. The fraction of sp³-hybridized carbons (Fsp3) is 0.421. The van der Waals surface area contributed by atoms with Crippen molar-refractivity contribution in [2.75, 3.05) is 31.1 Å². The van der Waals surface area contributed by atoms with Crippen LogP contribution in [0.1, 0.15) is 16.7 Å². The molecule has 1 fully saturated rings. The molecule has 1 aromatic carbocycles. The first-order valence-electron chi connectivity index (χ1n) is 8.71. The summed E-state index contributed by atoms with van der Waals surface area (Å²) in [6.07, 6.45) is 4.05. The minimum atomic E-state index is -0.455. The molecule has 25 heavy (non-hydrogen) atoms. The fourth-order valence-electron chi connectivity index (χ4n) is 3.42. The molecule has 2 aliphatic heterocycles. The molecule has 1 saturated heterocycles. The van der Waals surface area contributed by atoms with Crippen LogP contribution >= 0.6 is 0 Å². The van der Waals surface area contributed by atoms with Crippen LogP contribution in [0.3, 0.4) is 0 Å². The predicted molar refractivity (Wildman–Crippen MR) is 94.3 cm³/mol. The number of anilines is 1. The number of nitrogens with zero attached hydrogens (tertiary/aromatic N) is 4. The summed E-state index contributed by atoms with van der Waals surface area (Å²) in [7, 11) is 0. The molecule has 1 unspecified atom stereocenters. The molecule has 0 radical (unpaired) electrons. The predicted octanol–water partition coefficient (Wildman–Crippen LogP) is 1.58. The molecule has 2 aromatic rings. The van der Waals surface area contributed by atoms with Crippen LogP contribution in [0, 0.1) is 6.92 Å². The molecule has 2 aliphatic rings. The summed E-state index contributed by atoms with van der Waals surface area (Å²) in [4.78, 5) is 25.6. The summed E-state index contributed by atoms with van der Waals surface area (Å²) in [5.74, 6) is 0.724. The van der Waals surface area contributed by atoms with Gasteiger partial charge in [-0.05, 0) is 30.0 Å². The van der Waals surface area contributed by atoms with Gasteiger partial charge < -0.3 is 14.5 Å². The van der Waals surface area contributed by atoms with E-state index < -0.39 is 6.10 Å². The molecular weight excluding hydrogens is 316 g/mol. The van der Waals surface area contributed by atoms with Gasteiger partial charge in [-0.25, -0.2) is 9.97 Å². The zero-order valence-corrected chi connectivity index (χ0v) is 14.4. The Kier molecular flexibility index (Phi) is 4.36. The summed E-state index contributed by atoms with van der Waals surface area (Å²) >= 11 is 0. The van der Waals surface area contributed by atoms with Gasteiger partial charge in [0.05, 0.1) is 13.2 Å². The van der Waals surface area contributed by atoms with Gasteiger partial charge in [0.2, 0.25) is 5.95 Å². The molecule has 0 saturated carbocycles. The molecule has 1 aromatic heterocycles. The zero-order valence-electron chi connectivity index (χ0n) is 14.4. The molecule has 3 heterocycles. The summed E-state index contributed by atoms with van der Waals surface area (Å²) in [6, 6.07) is 8.33. The molecule has 0 N–H and O–H groups in total. The quantitative estimate of drug-likeness (QED) is 0.832. The number of carbonyl (C=O) groups excluding carboxylic acids is 1. The first kappa shape index (κ1) is 16.0. The average molecular weight is 338 g/mol. The number of ether oxygens (including phenoxy) is 1. The maximum Gasteiger partial charge on any atom is 0.253 e. The second-order valence-corrected chi connectivity index (χ2v) is 6.64. The van der Waals surface area contributed by atoms with Gasteiger partial charge in [-0.3, -0.25) is 4.79 Å². The first-order chi connectivity index (χ1) is 12.2. The van der Waals surface area contributed by atoms with Gasteiger partial charge in [-0.15, -0.1) is 0 Å². The molecule has 0 bridgehead atoms. The second kappa shape index (κ2) is 6.80. The van der Waals surface area contributed by atoms with Crippen molar-refractivity contribution in [1.29, 1.82) is 0 Å². The molecule has 0 spiro atoms. The standard InChI is InChI=1S/C19H22N4O2/c1-14-10-20-19(21-11-14)23-8-9-25-17(13-23)18(24)22-7-6-15-4-2-3-5-16(15)12-22/h2-5,10-11,17H,6-9,12-13H2,1H3. The molecule has 130 valence electrons. The van der Waals surface area contributed by atoms with E-state index in [1.165, 1.54) is 11.1 Å². The summed E-state index contributed by atoms with van der Waals surface area (Å²) < 4.78 is 5.77. The highest BCUT2D eigenvalue weighted by Crippen LogP contribution is 2.21. The Hall–Kier alpha value is -2.47. The number of amides is 1. The Balaban J connectivity index is 1.44. The van der Waals surface area contributed by atoms with E-state index in [1.807, 2.05) is 22.8 Å². The van der Waals surface area contributed by atoms with Gasteiger partial charge in [-0.1, -0.05) is 24.3 Å². The van der Waals surface area contributed by atoms with Crippen LogP contribution in [-0.4, -0.2) is 53.1 Å². The number of morpholine rings is 1. The summed E-state index contributed by atoms with van der Waals surface area (Å²) in [6.45, 7) is 5.09. The first-order valence-corrected chi connectivity index (χ1v) is 8.71. The van der Waals surface area contributed by atoms with Crippen LogP contribution in [0.15, 0.2) is 36.7 Å². The Morgan fingerprint density at radius 3 is 2.72 bits per heavy atom. The molecule has 6 nitrogen and oxygen atoms in total. The van der Waals surface area contributed by atoms with Crippen molar-refractivity contribution in [2.24, 2.45) is 0 Å². The van der Waals surface area contributed by atoms with Crippen molar-refractivity contribution in [3.63, 3.8) is 0 Å². The molecular formula is C19H22N4O2. The van der Waals surface area contributed by atoms with Gasteiger partial charge in [0.1, 0.15) is 0 Å². The van der Waals surface area contributed by atoms with E-state index in [4.69, 9.17) is 4.74 Å². The molecule has 1 amide bonds. The third-order valence-electron chi connectivity index (χ3n) is 4.83. The van der Waals surface area contributed by atoms with E-state index in [2.05, 4.69) is 28.2 Å². The maximum absolute atomic E-state index is 12.9. The van der Waals surface area contributed by atoms with Gasteiger partial charge in [0.25, 0.3) is 5.91 Å². The zero-order chi connectivity index (χ0) is 17.2. The minimum absolute atomic E-state index is 0.0614. The number of benzene rings is 1. The van der Waals surface area contributed by atoms with Crippen LogP contribution in [0.5, 0.6) is 0 Å². The van der Waals surface area contributed by atoms with Crippen molar-refractivity contribution < 1.29 is 9.53 Å². The normalized spacial score (nSPS) is 20.3. The monoisotopic (exact) mass is 338 g/mol. The van der Waals surface area contributed by atoms with Gasteiger partial charge in [0.15, 0.2) is 6.10 Å². The summed E-state index contributed by atoms with van der Waals surface area (Å²) in [5, 5.41) is 0. The Morgan fingerprint density at radius 1 is 1.16 bits per heavy atom. The third kappa shape index (κ3) is 3.35. The summed E-state index contributed by atoms with van der Waals surface area (Å²) in [5.41, 5.74) is 3.60. The van der Waals surface area contributed by atoms with Crippen LogP contribution in [0.2, 0.25) is 0 Å². The number of hydrogen-bond donors (Lipinski definition) is 0. The number of hydrogen-bond acceptors (Lipinski definition) is 5. The largest absolute Gasteiger partial charge is 0.365 e. The highest BCUT2D eigenvalue weighted by atomic mass is 16.5. The van der Waals surface area contributed by atoms with Gasteiger partial charge >= 0.3 is 0 Å². The van der Waals surface area contributed by atoms with Gasteiger partial charge in [-0.2, -0.15) is 0 Å². The maximum atomic E-state index is 12.9. The lowest BCUT2D eigenvalue weighted by Gasteiger charge is -2.36. The van der Waals surface area contributed by atoms with E-state index >= 15 is 0 Å². The van der Waals surface area contributed by atoms with Crippen LogP contribution in [0.4, 0.5) is 5.95 Å². The lowest BCUT2D eigenvalue weighted by Crippen LogP contribution is -2.52. The number of fused-ring (bicyclic) bond motifs is 1. The number of carbonyl (C=O) groups is 1. The minimum Gasteiger partial charge on any atom is -0.365 e. The van der Waals surface area contributed by atoms with Crippen LogP contribution in [0.25, 0.3) is 0 Å². The van der Waals surface area contributed by atoms with Crippen molar-refractivity contribution >= 4 is 11.9 Å². The van der Waals surface area contributed by atoms with E-state index in [-0.39, 0.29) is 5.91 Å². The van der Waals surface area contributed by atoms with E-state index in [1.54, 1.807) is 12.4 Å². The van der Waals surface area contributed by atoms with E-state index in [9.17, 15) is 4.79 Å². The van der Waals surface area contributed by atoms with Crippen molar-refractivity contribution in [1.82, 2.24) is 14.9 Å². The average Bonchev–Trinajstić information content (AvgIpc) is 2.68. The van der Waals surface area contributed by atoms with Crippen molar-refractivity contribution in [3.05, 3.63) is 53.3 Å². The van der Waals surface area contributed by atoms with Crippen LogP contribution < -0.4 is 4.90 Å². The third-order valence-corrected chi connectivity index (χ3v) is 4.83. The van der Waals surface area contributed by atoms with E-state index in [0.29, 0.717) is 32.2 Å². The Bertz CT molecular complexity index is 762. The lowest BCUT2D eigenvalue weighted by molar-refractivity contribution is -0.145. The highest BCUT2D eigenvalue weighted by Gasteiger charge is 2.32. The van der Waals surface area contributed by atoms with Gasteiger partial charge in [0, 0.05) is 32.0 Å². The van der Waals surface area contributed by atoms with E-state index in [0.717, 1.165) is 18.5 Å². The van der Waals surface area contributed by atoms with Crippen LogP contribution in [-0.2, 0) is 22.5 Å². The van der Waals surface area contributed by atoms with Crippen molar-refractivity contribution in [2.45, 2.75) is 26.0 Å². The molecule has 0 aliphatic carbocycles. The second-order valence-electron chi connectivity index (χ2n) is 6.64.